The third kappa shape index (κ3) is 9.27. The van der Waals surface area contributed by atoms with E-state index in [-0.39, 0.29) is 24.9 Å². The maximum absolute atomic E-state index is 7.13. The first-order chi connectivity index (χ1) is 21.0. The summed E-state index contributed by atoms with van der Waals surface area (Å²) in [5, 5.41) is 0. The summed E-state index contributed by atoms with van der Waals surface area (Å²) in [6.07, 6.45) is 11.6. The average molecular weight is 619 g/mol. The smallest absolute Gasteiger partial charge is 0.491 e. The number of benzene rings is 1. The predicted molar refractivity (Wildman–Crippen MR) is 182 cm³/mol. The highest BCUT2D eigenvalue weighted by Gasteiger charge is 2.53. The van der Waals surface area contributed by atoms with Crippen LogP contribution in [-0.4, -0.2) is 40.6 Å². The monoisotopic (exact) mass is 618 g/mol. The Labute approximate surface area is 267 Å². The summed E-state index contributed by atoms with van der Waals surface area (Å²) in [6.45, 7) is 26.2. The number of allylic oxidation sites excluding steroid dienone is 6. The summed E-state index contributed by atoms with van der Waals surface area (Å²) < 4.78 is 34.2. The van der Waals surface area contributed by atoms with E-state index in [1.54, 1.807) is 0 Å². The van der Waals surface area contributed by atoms with Crippen LogP contribution in [-0.2, 0) is 17.7 Å². The highest BCUT2D eigenvalue weighted by atomic mass is 28.4. The molecule has 0 amide bonds. The van der Waals surface area contributed by atoms with Gasteiger partial charge in [-0.05, 0) is 127 Å². The number of hydrogen-bond acceptors (Lipinski definition) is 5. The maximum atomic E-state index is 7.13. The van der Waals surface area contributed by atoms with Crippen LogP contribution in [0, 0.1) is 17.8 Å². The zero-order valence-corrected chi connectivity index (χ0v) is 28.9. The van der Waals surface area contributed by atoms with Gasteiger partial charge in [0.1, 0.15) is 12.4 Å². The second-order valence-electron chi connectivity index (χ2n) is 13.2. The summed E-state index contributed by atoms with van der Waals surface area (Å²) >= 11 is 0. The third-order valence-corrected chi connectivity index (χ3v) is 11.8. The molecule has 0 aromatic heterocycles. The molecular formula is C38H54O5Si. The summed E-state index contributed by atoms with van der Waals surface area (Å²) in [5.74, 6) is 1.81. The molecule has 0 aliphatic heterocycles. The van der Waals surface area contributed by atoms with Gasteiger partial charge in [-0.1, -0.05) is 72.9 Å². The number of para-hydroxylation sites is 1. The molecule has 0 N–H and O–H groups in total. The Balaban J connectivity index is 1.68. The molecule has 0 spiro atoms. The van der Waals surface area contributed by atoms with Gasteiger partial charge in [-0.15, -0.1) is 0 Å². The zero-order chi connectivity index (χ0) is 31.9. The van der Waals surface area contributed by atoms with E-state index in [1.807, 2.05) is 30.3 Å². The van der Waals surface area contributed by atoms with Crippen LogP contribution in [0.3, 0.4) is 0 Å². The van der Waals surface area contributed by atoms with E-state index < -0.39 is 9.05 Å². The van der Waals surface area contributed by atoms with Gasteiger partial charge >= 0.3 is 9.05 Å². The van der Waals surface area contributed by atoms with E-state index in [1.165, 1.54) is 33.4 Å². The molecule has 1 aromatic rings. The molecule has 0 heterocycles. The van der Waals surface area contributed by atoms with Gasteiger partial charge in [0.05, 0.1) is 24.9 Å². The standard InChI is InChI=1S/C38H54O5Si/c1-26(2)32-18-15-29(7)36(23-32)41-44(40-22-21-39-35-13-11-10-12-14-35,42-37-24-33(27(3)4)19-16-30(37)8)43-38-25-34(28(5)6)20-17-31(38)9/h10-17,32-34,36-38H,1,3,5,18-25H2,2,4,6-9H3. The molecule has 5 nitrogen and oxygen atoms in total. The van der Waals surface area contributed by atoms with Crippen LogP contribution in [0.1, 0.15) is 80.1 Å². The second-order valence-corrected chi connectivity index (χ2v) is 15.2. The minimum absolute atomic E-state index is 0.193. The number of hydrogen-bond donors (Lipinski definition) is 0. The molecule has 44 heavy (non-hydrogen) atoms. The van der Waals surface area contributed by atoms with E-state index in [0.717, 1.165) is 44.3 Å². The van der Waals surface area contributed by atoms with Gasteiger partial charge in [0.15, 0.2) is 0 Å². The van der Waals surface area contributed by atoms with Gasteiger partial charge in [-0.3, -0.25) is 0 Å². The van der Waals surface area contributed by atoms with E-state index >= 15 is 0 Å². The van der Waals surface area contributed by atoms with Crippen LogP contribution >= 0.6 is 0 Å². The van der Waals surface area contributed by atoms with Crippen molar-refractivity contribution in [1.29, 1.82) is 0 Å². The first-order valence-electron chi connectivity index (χ1n) is 16.3. The minimum atomic E-state index is -3.81. The van der Waals surface area contributed by atoms with Crippen molar-refractivity contribution >= 4 is 9.05 Å². The van der Waals surface area contributed by atoms with Crippen LogP contribution in [0.4, 0.5) is 0 Å². The highest BCUT2D eigenvalue weighted by molar-refractivity contribution is 6.53. The van der Waals surface area contributed by atoms with Crippen LogP contribution in [0.25, 0.3) is 0 Å². The van der Waals surface area contributed by atoms with Gasteiger partial charge in [0, 0.05) is 0 Å². The lowest BCUT2D eigenvalue weighted by molar-refractivity contribution is -0.0865. The molecule has 0 saturated carbocycles. The predicted octanol–water partition coefficient (Wildman–Crippen LogP) is 9.47. The fourth-order valence-corrected chi connectivity index (χ4v) is 8.78. The Morgan fingerprint density at radius 1 is 0.636 bits per heavy atom. The Morgan fingerprint density at radius 3 is 1.39 bits per heavy atom. The summed E-state index contributed by atoms with van der Waals surface area (Å²) in [4.78, 5) is 0. The van der Waals surface area contributed by atoms with Crippen molar-refractivity contribution in [2.45, 2.75) is 98.4 Å². The van der Waals surface area contributed by atoms with Crippen molar-refractivity contribution in [3.63, 3.8) is 0 Å². The van der Waals surface area contributed by atoms with Crippen molar-refractivity contribution in [3.8, 4) is 5.75 Å². The molecule has 6 atom stereocenters. The number of rotatable bonds is 14. The summed E-state index contributed by atoms with van der Waals surface area (Å²) in [5.41, 5.74) is 7.05. The van der Waals surface area contributed by atoms with Crippen LogP contribution in [0.5, 0.6) is 5.75 Å². The molecule has 6 heteroatoms. The summed E-state index contributed by atoms with van der Waals surface area (Å²) in [6, 6.07) is 9.81. The van der Waals surface area contributed by atoms with Crippen LogP contribution in [0.2, 0.25) is 0 Å². The first kappa shape index (κ1) is 34.4. The van der Waals surface area contributed by atoms with E-state index in [4.69, 9.17) is 22.4 Å². The third-order valence-electron chi connectivity index (χ3n) is 9.52. The average Bonchev–Trinajstić information content (AvgIpc) is 2.99. The molecule has 0 bridgehead atoms. The quantitative estimate of drug-likeness (QED) is 0.118. The van der Waals surface area contributed by atoms with Crippen molar-refractivity contribution in [1.82, 2.24) is 0 Å². The Kier molecular flexibility index (Phi) is 12.3. The minimum Gasteiger partial charge on any atom is -0.491 e. The summed E-state index contributed by atoms with van der Waals surface area (Å²) in [7, 11) is -3.81. The van der Waals surface area contributed by atoms with Gasteiger partial charge < -0.3 is 22.4 Å². The molecule has 0 radical (unpaired) electrons. The Morgan fingerprint density at radius 2 is 1.02 bits per heavy atom. The number of ether oxygens (including phenoxy) is 1. The molecule has 0 saturated heterocycles. The van der Waals surface area contributed by atoms with Crippen LogP contribution in [0.15, 0.2) is 102 Å². The second kappa shape index (κ2) is 15.7. The molecular weight excluding hydrogens is 564 g/mol. The topological polar surface area (TPSA) is 46.2 Å². The lowest BCUT2D eigenvalue weighted by atomic mass is 9.84. The fraction of sp³-hybridized carbons (Fsp3) is 0.526. The molecule has 240 valence electrons. The van der Waals surface area contributed by atoms with E-state index in [0.29, 0.717) is 24.4 Å². The van der Waals surface area contributed by atoms with E-state index in [2.05, 4.69) is 79.5 Å². The Hall–Kier alpha value is -2.48. The molecule has 3 aliphatic rings. The van der Waals surface area contributed by atoms with E-state index in [9.17, 15) is 0 Å². The highest BCUT2D eigenvalue weighted by Crippen LogP contribution is 2.39. The normalized spacial score (nSPS) is 28.6. The largest absolute Gasteiger partial charge is 0.681 e. The molecule has 6 unspecified atom stereocenters. The van der Waals surface area contributed by atoms with Crippen molar-refractivity contribution in [2.75, 3.05) is 13.2 Å². The van der Waals surface area contributed by atoms with Crippen molar-refractivity contribution in [3.05, 3.63) is 102 Å². The zero-order valence-electron chi connectivity index (χ0n) is 27.9. The lowest BCUT2D eigenvalue weighted by Crippen LogP contribution is -2.57. The first-order valence-corrected chi connectivity index (χ1v) is 17.9. The van der Waals surface area contributed by atoms with Crippen molar-refractivity contribution < 1.29 is 22.4 Å². The maximum Gasteiger partial charge on any atom is 0.681 e. The molecule has 0 fully saturated rings. The molecule has 3 aliphatic carbocycles. The van der Waals surface area contributed by atoms with Gasteiger partial charge in [-0.2, -0.15) is 0 Å². The van der Waals surface area contributed by atoms with Gasteiger partial charge in [-0.25, -0.2) is 0 Å². The van der Waals surface area contributed by atoms with Gasteiger partial charge in [0.2, 0.25) is 0 Å². The van der Waals surface area contributed by atoms with Crippen LogP contribution < -0.4 is 4.74 Å². The molecule has 1 aromatic carbocycles. The Bertz CT molecular complexity index is 1140. The lowest BCUT2D eigenvalue weighted by Gasteiger charge is -2.41. The van der Waals surface area contributed by atoms with Crippen molar-refractivity contribution in [2.24, 2.45) is 17.8 Å². The fourth-order valence-electron chi connectivity index (χ4n) is 6.18. The molecule has 4 rings (SSSR count). The van der Waals surface area contributed by atoms with Gasteiger partial charge in [0.25, 0.3) is 0 Å². The SMILES string of the molecule is C=C(C)C1CC=C(C)C(O[Si](OCCOc2ccccc2)(OC2CC(C(=C)C)CC=C2C)OC2CC(C(=C)C)CC=C2C)C1.